The number of unbranched alkanes of at least 4 members (excludes halogenated alkanes) is 1. The summed E-state index contributed by atoms with van der Waals surface area (Å²) in [6.45, 7) is 2.28. The van der Waals surface area contributed by atoms with E-state index in [0.29, 0.717) is 0 Å². The Bertz CT molecular complexity index is 614. The Balaban J connectivity index is 0.00000208. The summed E-state index contributed by atoms with van der Waals surface area (Å²) in [4.78, 5) is 0. The molecule has 0 amide bonds. The first-order valence-electron chi connectivity index (χ1n) is 8.71. The second kappa shape index (κ2) is 8.80. The van der Waals surface area contributed by atoms with Crippen LogP contribution >= 0.6 is 0 Å². The number of hydrogen-bond donors (Lipinski definition) is 0. The van der Waals surface area contributed by atoms with Gasteiger partial charge in [-0.3, -0.25) is 0 Å². The van der Waals surface area contributed by atoms with Crippen LogP contribution in [0.25, 0.3) is 0 Å². The van der Waals surface area contributed by atoms with Crippen molar-refractivity contribution in [2.24, 2.45) is 0 Å². The molecular formula is C22H27BS. The second-order valence-electron chi connectivity index (χ2n) is 6.42. The molecule has 0 aliphatic rings. The van der Waals surface area contributed by atoms with Crippen molar-refractivity contribution in [1.82, 2.24) is 0 Å². The summed E-state index contributed by atoms with van der Waals surface area (Å²) in [5.74, 6) is 0. The lowest BCUT2D eigenvalue weighted by atomic mass is 9.14. The first-order valence-corrected chi connectivity index (χ1v) is 8.71. The summed E-state index contributed by atoms with van der Waals surface area (Å²) >= 11 is 0. The van der Waals surface area contributed by atoms with Gasteiger partial charge >= 0.3 is 0 Å². The van der Waals surface area contributed by atoms with Gasteiger partial charge in [0.15, 0.2) is 0 Å². The van der Waals surface area contributed by atoms with Crippen molar-refractivity contribution in [3.8, 4) is 0 Å². The van der Waals surface area contributed by atoms with Gasteiger partial charge in [-0.2, -0.15) is 22.7 Å². The van der Waals surface area contributed by atoms with Crippen LogP contribution in [0.15, 0.2) is 91.0 Å². The van der Waals surface area contributed by atoms with Crippen molar-refractivity contribution in [3.63, 3.8) is 0 Å². The summed E-state index contributed by atoms with van der Waals surface area (Å²) < 4.78 is 0. The highest BCUT2D eigenvalue weighted by atomic mass is 32.1. The molecule has 0 unspecified atom stereocenters. The highest BCUT2D eigenvalue weighted by molar-refractivity contribution is 7.37. The minimum atomic E-state index is -0.913. The summed E-state index contributed by atoms with van der Waals surface area (Å²) in [5.41, 5.74) is 4.33. The molecule has 124 valence electrons. The third-order valence-electron chi connectivity index (χ3n) is 5.10. The van der Waals surface area contributed by atoms with Crippen molar-refractivity contribution < 1.29 is 0 Å². The predicted molar refractivity (Wildman–Crippen MR) is 115 cm³/mol. The van der Waals surface area contributed by atoms with E-state index in [4.69, 9.17) is 0 Å². The van der Waals surface area contributed by atoms with E-state index in [0.717, 1.165) is 0 Å². The van der Waals surface area contributed by atoms with Gasteiger partial charge in [0.05, 0.1) is 6.15 Å². The Kier molecular flexibility index (Phi) is 6.75. The smallest absolute Gasteiger partial charge is 0.0814 e. The van der Waals surface area contributed by atoms with Gasteiger partial charge in [0, 0.05) is 0 Å². The number of hydrogen-bond acceptors (Lipinski definition) is 0. The predicted octanol–water partition coefficient (Wildman–Crippen LogP) is 3.15. The van der Waals surface area contributed by atoms with Crippen LogP contribution in [0.4, 0.5) is 0 Å². The van der Waals surface area contributed by atoms with E-state index >= 15 is 0 Å². The zero-order valence-electron chi connectivity index (χ0n) is 14.4. The molecule has 3 aromatic carbocycles. The molecule has 3 rings (SSSR count). The van der Waals surface area contributed by atoms with Gasteiger partial charge < -0.3 is 0 Å². The molecule has 0 N–H and O–H groups in total. The maximum atomic E-state index is 2.30. The molecule has 0 saturated carbocycles. The minimum absolute atomic E-state index is 0. The summed E-state index contributed by atoms with van der Waals surface area (Å²) in [6.07, 6.45) is 2.73. The maximum absolute atomic E-state index is 2.30. The molecule has 0 aromatic heterocycles. The van der Waals surface area contributed by atoms with Crippen LogP contribution in [-0.2, 0) is 13.5 Å². The average Bonchev–Trinajstić information content (AvgIpc) is 2.65. The first-order chi connectivity index (χ1) is 11.4. The van der Waals surface area contributed by atoms with Crippen LogP contribution in [-0.4, -0.2) is 6.15 Å². The molecule has 0 radical (unpaired) electrons. The molecule has 0 spiro atoms. The monoisotopic (exact) mass is 334 g/mol. The first kappa shape index (κ1) is 18.4. The van der Waals surface area contributed by atoms with Gasteiger partial charge in [-0.25, -0.2) is 0 Å². The Labute approximate surface area is 153 Å². The highest BCUT2D eigenvalue weighted by Gasteiger charge is 2.28. The standard InChI is InChI=1S/C22H24B.H2S/c1-2-3-19-23(20-13-7-4-8-14-20,21-15-9-5-10-16-21)22-17-11-6-12-18-22;/h4-18H,2-3,19H2,1H3;1H2/q-1;/p+1. The molecular weight excluding hydrogens is 307 g/mol. The van der Waals surface area contributed by atoms with Crippen LogP contribution in [0.2, 0.25) is 6.32 Å². The van der Waals surface area contributed by atoms with Gasteiger partial charge in [-0.15, -0.1) is 0 Å². The number of benzene rings is 3. The van der Waals surface area contributed by atoms with Crippen molar-refractivity contribution in [3.05, 3.63) is 91.0 Å². The largest absolute Gasteiger partial charge is 0.200 e. The third kappa shape index (κ3) is 3.60. The topological polar surface area (TPSA) is 0 Å². The van der Waals surface area contributed by atoms with Gasteiger partial charge in [0.25, 0.3) is 0 Å². The van der Waals surface area contributed by atoms with Gasteiger partial charge in [-0.05, 0) is 0 Å². The zero-order chi connectivity index (χ0) is 16.0. The van der Waals surface area contributed by atoms with E-state index in [-0.39, 0.29) is 13.5 Å². The molecule has 24 heavy (non-hydrogen) atoms. The van der Waals surface area contributed by atoms with Crippen LogP contribution in [0.1, 0.15) is 19.8 Å². The number of rotatable bonds is 6. The molecule has 0 bridgehead atoms. The quantitative estimate of drug-likeness (QED) is 0.480. The Morgan fingerprint density at radius 2 is 0.917 bits per heavy atom. The Hall–Kier alpha value is -1.93. The van der Waals surface area contributed by atoms with E-state index in [2.05, 4.69) is 97.9 Å². The van der Waals surface area contributed by atoms with Gasteiger partial charge in [0.1, 0.15) is 0 Å². The van der Waals surface area contributed by atoms with E-state index in [1.165, 1.54) is 35.6 Å². The van der Waals surface area contributed by atoms with Crippen LogP contribution in [0.3, 0.4) is 0 Å². The van der Waals surface area contributed by atoms with Crippen molar-refractivity contribution in [2.45, 2.75) is 26.1 Å². The minimum Gasteiger partial charge on any atom is -0.200 e. The second-order valence-corrected chi connectivity index (χ2v) is 6.42. The lowest BCUT2D eigenvalue weighted by Crippen LogP contribution is -2.66. The molecule has 3 aromatic rings. The fraction of sp³-hybridized carbons (Fsp3) is 0.182. The molecule has 0 nitrogen and oxygen atoms in total. The average molecular weight is 334 g/mol. The third-order valence-corrected chi connectivity index (χ3v) is 5.10. The highest BCUT2D eigenvalue weighted by Crippen LogP contribution is 2.16. The summed E-state index contributed by atoms with van der Waals surface area (Å²) in [5, 5.41) is 0. The SMILES string of the molecule is CCCC[B-](c1ccccc1)(c1ccccc1)c1ccccc1.[SH3+]. The van der Waals surface area contributed by atoms with Crippen LogP contribution < -0.4 is 16.4 Å². The molecule has 0 saturated heterocycles. The lowest BCUT2D eigenvalue weighted by Gasteiger charge is -2.43. The van der Waals surface area contributed by atoms with Gasteiger partial charge in [0.2, 0.25) is 0 Å². The Morgan fingerprint density at radius 1 is 0.583 bits per heavy atom. The normalized spacial score (nSPS) is 10.9. The zero-order valence-corrected chi connectivity index (χ0v) is 15.6. The summed E-state index contributed by atoms with van der Waals surface area (Å²) in [6, 6.07) is 33.2. The fourth-order valence-electron chi connectivity index (χ4n) is 3.93. The van der Waals surface area contributed by atoms with E-state index in [9.17, 15) is 0 Å². The van der Waals surface area contributed by atoms with E-state index in [1.807, 2.05) is 0 Å². The van der Waals surface area contributed by atoms with Crippen molar-refractivity contribution in [2.75, 3.05) is 0 Å². The molecule has 0 heterocycles. The van der Waals surface area contributed by atoms with Gasteiger partial charge in [-0.1, -0.05) is 124 Å². The van der Waals surface area contributed by atoms with Crippen LogP contribution in [0, 0.1) is 0 Å². The Morgan fingerprint density at radius 3 is 1.21 bits per heavy atom. The van der Waals surface area contributed by atoms with Crippen molar-refractivity contribution >= 4 is 36.0 Å². The fourth-order valence-corrected chi connectivity index (χ4v) is 3.93. The molecule has 0 aliphatic heterocycles. The summed E-state index contributed by atoms with van der Waals surface area (Å²) in [7, 11) is 0. The molecule has 0 atom stereocenters. The lowest BCUT2D eigenvalue weighted by molar-refractivity contribution is 0.874. The molecule has 2 heteroatoms. The van der Waals surface area contributed by atoms with Crippen LogP contribution in [0.5, 0.6) is 0 Å². The van der Waals surface area contributed by atoms with E-state index in [1.54, 1.807) is 0 Å². The van der Waals surface area contributed by atoms with Crippen molar-refractivity contribution in [1.29, 1.82) is 0 Å². The molecule has 0 aliphatic carbocycles. The van der Waals surface area contributed by atoms with E-state index < -0.39 is 6.15 Å². The maximum Gasteiger partial charge on any atom is 0.0814 e. The molecule has 0 fully saturated rings.